The largest absolute Gasteiger partial charge is 0.387 e. The van der Waals surface area contributed by atoms with Crippen LogP contribution in [-0.4, -0.2) is 52.0 Å². The van der Waals surface area contributed by atoms with Crippen LogP contribution in [0.4, 0.5) is 0 Å². The van der Waals surface area contributed by atoms with Crippen molar-refractivity contribution < 1.29 is 14.7 Å². The first kappa shape index (κ1) is 16.6. The normalized spacial score (nSPS) is 29.0. The van der Waals surface area contributed by atoms with Gasteiger partial charge in [-0.2, -0.15) is 0 Å². The summed E-state index contributed by atoms with van der Waals surface area (Å²) in [5.74, 6) is 0.532. The molecule has 0 spiro atoms. The van der Waals surface area contributed by atoms with Crippen LogP contribution in [0.3, 0.4) is 0 Å². The predicted molar refractivity (Wildman–Crippen MR) is 93.8 cm³/mol. The highest BCUT2D eigenvalue weighted by molar-refractivity contribution is 5.98. The van der Waals surface area contributed by atoms with Crippen LogP contribution in [0.15, 0.2) is 24.3 Å². The molecule has 0 aromatic heterocycles. The maximum atomic E-state index is 12.6. The Labute approximate surface area is 148 Å². The number of hydrogen-bond acceptors (Lipinski definition) is 3. The maximum Gasteiger partial charge on any atom is 0.254 e. The van der Waals surface area contributed by atoms with Crippen LogP contribution < -0.4 is 0 Å². The lowest BCUT2D eigenvalue weighted by atomic mass is 9.69. The average Bonchev–Trinajstić information content (AvgIpc) is 3.02. The molecule has 1 saturated heterocycles. The lowest BCUT2D eigenvalue weighted by Crippen LogP contribution is -2.48. The second kappa shape index (κ2) is 6.13. The first-order chi connectivity index (χ1) is 12.0. The van der Waals surface area contributed by atoms with Crippen molar-refractivity contribution in [1.29, 1.82) is 0 Å². The van der Waals surface area contributed by atoms with Crippen LogP contribution in [-0.2, 0) is 11.3 Å². The predicted octanol–water partition coefficient (Wildman–Crippen LogP) is 2.04. The summed E-state index contributed by atoms with van der Waals surface area (Å²) in [6.07, 6.45) is 3.66. The van der Waals surface area contributed by atoms with Gasteiger partial charge in [-0.05, 0) is 30.4 Å². The van der Waals surface area contributed by atoms with E-state index in [0.717, 1.165) is 24.0 Å². The lowest BCUT2D eigenvalue weighted by molar-refractivity contribution is -0.132. The van der Waals surface area contributed by atoms with Crippen LogP contribution in [0.5, 0.6) is 0 Å². The van der Waals surface area contributed by atoms with E-state index < -0.39 is 5.60 Å². The van der Waals surface area contributed by atoms with Gasteiger partial charge in [0.1, 0.15) is 0 Å². The van der Waals surface area contributed by atoms with E-state index in [2.05, 4.69) is 0 Å². The Balaban J connectivity index is 1.34. The Hall–Kier alpha value is -1.88. The first-order valence-corrected chi connectivity index (χ1v) is 9.36. The van der Waals surface area contributed by atoms with Gasteiger partial charge in [0.2, 0.25) is 5.91 Å². The van der Waals surface area contributed by atoms with Gasteiger partial charge in [0, 0.05) is 44.1 Å². The van der Waals surface area contributed by atoms with Crippen molar-refractivity contribution in [3.63, 3.8) is 0 Å². The van der Waals surface area contributed by atoms with Crippen molar-refractivity contribution in [2.75, 3.05) is 19.6 Å². The zero-order valence-electron chi connectivity index (χ0n) is 14.8. The fourth-order valence-corrected chi connectivity index (χ4v) is 4.53. The van der Waals surface area contributed by atoms with Gasteiger partial charge in [0.15, 0.2) is 0 Å². The number of β-amino-alcohol motifs (C(OH)–C–C–N with tert-alkyl or cyclic N) is 1. The monoisotopic (exact) mass is 342 g/mol. The number of nitrogens with zero attached hydrogens (tertiary/aromatic N) is 2. The zero-order valence-corrected chi connectivity index (χ0v) is 14.8. The Kier molecular flexibility index (Phi) is 4.07. The molecule has 1 aliphatic carbocycles. The molecule has 2 amide bonds. The third kappa shape index (κ3) is 2.74. The van der Waals surface area contributed by atoms with Crippen molar-refractivity contribution in [2.45, 2.75) is 44.8 Å². The van der Waals surface area contributed by atoms with E-state index in [4.69, 9.17) is 0 Å². The second-order valence-corrected chi connectivity index (χ2v) is 7.93. The molecule has 1 saturated carbocycles. The van der Waals surface area contributed by atoms with Gasteiger partial charge in [0.05, 0.1) is 5.60 Å². The highest BCUT2D eigenvalue weighted by Gasteiger charge is 2.50. The number of carbonyl (C=O) groups is 2. The van der Waals surface area contributed by atoms with E-state index in [0.29, 0.717) is 38.5 Å². The molecule has 25 heavy (non-hydrogen) atoms. The van der Waals surface area contributed by atoms with E-state index in [9.17, 15) is 14.7 Å². The van der Waals surface area contributed by atoms with Crippen molar-refractivity contribution in [3.05, 3.63) is 35.4 Å². The van der Waals surface area contributed by atoms with E-state index in [1.165, 1.54) is 6.42 Å². The first-order valence-electron chi connectivity index (χ1n) is 9.36. The number of hydrogen-bond donors (Lipinski definition) is 1. The van der Waals surface area contributed by atoms with Crippen LogP contribution in [0.1, 0.15) is 48.5 Å². The molecule has 1 N–H and O–H groups in total. The second-order valence-electron chi connectivity index (χ2n) is 7.93. The minimum Gasteiger partial charge on any atom is -0.387 e. The highest BCUT2D eigenvalue weighted by atomic mass is 16.3. The van der Waals surface area contributed by atoms with Gasteiger partial charge in [-0.1, -0.05) is 31.5 Å². The van der Waals surface area contributed by atoms with E-state index >= 15 is 0 Å². The number of rotatable bonds is 4. The van der Waals surface area contributed by atoms with Crippen molar-refractivity contribution >= 4 is 11.8 Å². The molecule has 1 aromatic rings. The molecule has 134 valence electrons. The fraction of sp³-hybridized carbons (Fsp3) is 0.600. The fourth-order valence-electron chi connectivity index (χ4n) is 4.53. The summed E-state index contributed by atoms with van der Waals surface area (Å²) in [6, 6.07) is 7.63. The molecule has 4 rings (SSSR count). The topological polar surface area (TPSA) is 60.9 Å². The summed E-state index contributed by atoms with van der Waals surface area (Å²) in [5, 5.41) is 11.0. The molecular formula is C20H26N2O3. The summed E-state index contributed by atoms with van der Waals surface area (Å²) in [6.45, 7) is 4.15. The molecule has 2 unspecified atom stereocenters. The van der Waals surface area contributed by atoms with Gasteiger partial charge in [0.25, 0.3) is 5.91 Å². The van der Waals surface area contributed by atoms with Crippen molar-refractivity contribution in [3.8, 4) is 0 Å². The molecule has 0 radical (unpaired) electrons. The molecule has 2 atom stereocenters. The summed E-state index contributed by atoms with van der Waals surface area (Å²) >= 11 is 0. The molecule has 1 aromatic carbocycles. The van der Waals surface area contributed by atoms with Crippen molar-refractivity contribution in [1.82, 2.24) is 9.80 Å². The van der Waals surface area contributed by atoms with Gasteiger partial charge < -0.3 is 14.9 Å². The summed E-state index contributed by atoms with van der Waals surface area (Å²) in [7, 11) is 0. The number of carbonyl (C=O) groups excluding carboxylic acids is 2. The minimum absolute atomic E-state index is 0.0177. The summed E-state index contributed by atoms with van der Waals surface area (Å²) in [5.41, 5.74) is 1.08. The molecular weight excluding hydrogens is 316 g/mol. The number of fused-ring (bicyclic) bond motifs is 1. The van der Waals surface area contributed by atoms with Crippen LogP contribution in [0.25, 0.3) is 0 Å². The standard InChI is InChI=1S/C20H26N2O3/c1-14-11-22(13-20(14,25)16-6-4-7-16)18(23)9-10-21-12-15-5-2-3-8-17(15)19(21)24/h2-3,5,8,14,16,25H,4,6-7,9-13H2,1H3. The number of benzene rings is 1. The number of aliphatic hydroxyl groups is 1. The molecule has 2 aliphatic heterocycles. The Morgan fingerprint density at radius 2 is 2.08 bits per heavy atom. The van der Waals surface area contributed by atoms with Crippen molar-refractivity contribution in [2.24, 2.45) is 11.8 Å². The van der Waals surface area contributed by atoms with Crippen LogP contribution in [0, 0.1) is 11.8 Å². The smallest absolute Gasteiger partial charge is 0.254 e. The lowest BCUT2D eigenvalue weighted by Gasteiger charge is -2.41. The molecule has 0 bridgehead atoms. The van der Waals surface area contributed by atoms with E-state index in [-0.39, 0.29) is 17.7 Å². The molecule has 2 heterocycles. The molecule has 5 heteroatoms. The zero-order chi connectivity index (χ0) is 17.6. The summed E-state index contributed by atoms with van der Waals surface area (Å²) in [4.78, 5) is 28.6. The van der Waals surface area contributed by atoms with Gasteiger partial charge in [-0.15, -0.1) is 0 Å². The van der Waals surface area contributed by atoms with Crippen LogP contribution in [0.2, 0.25) is 0 Å². The van der Waals surface area contributed by atoms with E-state index in [1.807, 2.05) is 31.2 Å². The van der Waals surface area contributed by atoms with Gasteiger partial charge >= 0.3 is 0 Å². The molecule has 2 fully saturated rings. The molecule has 3 aliphatic rings. The van der Waals surface area contributed by atoms with Crippen LogP contribution >= 0.6 is 0 Å². The number of likely N-dealkylation sites (tertiary alicyclic amines) is 1. The Morgan fingerprint density at radius 1 is 1.32 bits per heavy atom. The van der Waals surface area contributed by atoms with Gasteiger partial charge in [-0.3, -0.25) is 9.59 Å². The Morgan fingerprint density at radius 3 is 2.76 bits per heavy atom. The van der Waals surface area contributed by atoms with Gasteiger partial charge in [-0.25, -0.2) is 0 Å². The quantitative estimate of drug-likeness (QED) is 0.911. The average molecular weight is 342 g/mol. The molecule has 5 nitrogen and oxygen atoms in total. The van der Waals surface area contributed by atoms with E-state index in [1.54, 1.807) is 9.80 Å². The minimum atomic E-state index is -0.715. The summed E-state index contributed by atoms with van der Waals surface area (Å²) < 4.78 is 0. The number of amides is 2. The third-order valence-corrected chi connectivity index (χ3v) is 6.45. The Bertz CT molecular complexity index is 700. The third-order valence-electron chi connectivity index (χ3n) is 6.45. The highest BCUT2D eigenvalue weighted by Crippen LogP contribution is 2.44. The maximum absolute atomic E-state index is 12.6. The SMILES string of the molecule is CC1CN(C(=O)CCN2Cc3ccccc3C2=O)CC1(O)C1CCC1.